The quantitative estimate of drug-likeness (QED) is 0.541. The van der Waals surface area contributed by atoms with Gasteiger partial charge in [0.15, 0.2) is 11.5 Å². The lowest BCUT2D eigenvalue weighted by molar-refractivity contribution is -0.130. The van der Waals surface area contributed by atoms with E-state index >= 15 is 0 Å². The molecule has 2 heterocycles. The zero-order chi connectivity index (χ0) is 19.0. The number of carboxylic acids is 1. The molecule has 0 amide bonds. The van der Waals surface area contributed by atoms with E-state index in [4.69, 9.17) is 23.4 Å². The zero-order valence-electron chi connectivity index (χ0n) is 14.6. The fraction of sp³-hybridized carbons (Fsp3) is 0.150. The SMILES string of the molecule is COc1cc2occc2cc1/C=C(\C(=O)O)c1cc2c(cc1OC)OCO2. The molecule has 7 heteroatoms. The highest BCUT2D eigenvalue weighted by Crippen LogP contribution is 2.41. The molecule has 0 saturated carbocycles. The van der Waals surface area contributed by atoms with E-state index in [1.165, 1.54) is 20.3 Å². The Hall–Kier alpha value is -3.61. The Morgan fingerprint density at radius 2 is 1.81 bits per heavy atom. The van der Waals surface area contributed by atoms with Gasteiger partial charge in [0.25, 0.3) is 0 Å². The van der Waals surface area contributed by atoms with Crippen LogP contribution in [-0.4, -0.2) is 32.1 Å². The van der Waals surface area contributed by atoms with E-state index in [1.54, 1.807) is 36.6 Å². The van der Waals surface area contributed by atoms with Crippen LogP contribution in [-0.2, 0) is 4.79 Å². The lowest BCUT2D eigenvalue weighted by atomic mass is 10.00. The van der Waals surface area contributed by atoms with E-state index in [2.05, 4.69) is 0 Å². The molecule has 138 valence electrons. The van der Waals surface area contributed by atoms with Gasteiger partial charge in [-0.25, -0.2) is 4.79 Å². The maximum absolute atomic E-state index is 12.0. The predicted molar refractivity (Wildman–Crippen MR) is 97.4 cm³/mol. The Morgan fingerprint density at radius 3 is 2.52 bits per heavy atom. The van der Waals surface area contributed by atoms with E-state index in [0.29, 0.717) is 39.7 Å². The number of methoxy groups -OCH3 is 2. The summed E-state index contributed by atoms with van der Waals surface area (Å²) in [6, 6.07) is 8.54. The highest BCUT2D eigenvalue weighted by atomic mass is 16.7. The van der Waals surface area contributed by atoms with Gasteiger partial charge >= 0.3 is 5.97 Å². The molecule has 1 aliphatic heterocycles. The van der Waals surface area contributed by atoms with Gasteiger partial charge in [-0.1, -0.05) is 0 Å². The maximum Gasteiger partial charge on any atom is 0.336 e. The highest BCUT2D eigenvalue weighted by molar-refractivity contribution is 6.22. The molecule has 0 aliphatic carbocycles. The fourth-order valence-corrected chi connectivity index (χ4v) is 3.01. The highest BCUT2D eigenvalue weighted by Gasteiger charge is 2.23. The first-order valence-electron chi connectivity index (χ1n) is 8.09. The Kier molecular flexibility index (Phi) is 4.12. The van der Waals surface area contributed by atoms with Crippen molar-refractivity contribution in [1.82, 2.24) is 0 Å². The second-order valence-corrected chi connectivity index (χ2v) is 5.82. The van der Waals surface area contributed by atoms with Gasteiger partial charge in [-0.3, -0.25) is 0 Å². The summed E-state index contributed by atoms with van der Waals surface area (Å²) in [4.78, 5) is 12.0. The molecule has 3 aromatic rings. The summed E-state index contributed by atoms with van der Waals surface area (Å²) >= 11 is 0. The average Bonchev–Trinajstić information content (AvgIpc) is 3.31. The Morgan fingerprint density at radius 1 is 1.07 bits per heavy atom. The number of hydrogen-bond donors (Lipinski definition) is 1. The molecule has 0 fully saturated rings. The third-order valence-corrected chi connectivity index (χ3v) is 4.32. The summed E-state index contributed by atoms with van der Waals surface area (Å²) in [6.07, 6.45) is 3.10. The minimum absolute atomic E-state index is 0.0336. The van der Waals surface area contributed by atoms with Crippen molar-refractivity contribution in [2.24, 2.45) is 0 Å². The Bertz CT molecular complexity index is 1060. The van der Waals surface area contributed by atoms with E-state index < -0.39 is 5.97 Å². The van der Waals surface area contributed by atoms with Gasteiger partial charge in [0.1, 0.15) is 17.1 Å². The molecule has 0 atom stereocenters. The Labute approximate surface area is 154 Å². The summed E-state index contributed by atoms with van der Waals surface area (Å²) in [5.74, 6) is 0.738. The number of fused-ring (bicyclic) bond motifs is 2. The van der Waals surface area contributed by atoms with Crippen molar-refractivity contribution in [3.05, 3.63) is 47.7 Å². The summed E-state index contributed by atoms with van der Waals surface area (Å²) in [5, 5.41) is 10.7. The first kappa shape index (κ1) is 16.8. The van der Waals surface area contributed by atoms with Gasteiger partial charge in [-0.2, -0.15) is 0 Å². The average molecular weight is 368 g/mol. The fourth-order valence-electron chi connectivity index (χ4n) is 3.01. The van der Waals surface area contributed by atoms with Crippen molar-refractivity contribution in [1.29, 1.82) is 0 Å². The van der Waals surface area contributed by atoms with Crippen LogP contribution >= 0.6 is 0 Å². The molecule has 27 heavy (non-hydrogen) atoms. The predicted octanol–water partition coefficient (Wildman–Crippen LogP) is 3.80. The second kappa shape index (κ2) is 6.60. The van der Waals surface area contributed by atoms with Crippen molar-refractivity contribution in [3.8, 4) is 23.0 Å². The van der Waals surface area contributed by atoms with Gasteiger partial charge < -0.3 is 28.5 Å². The second-order valence-electron chi connectivity index (χ2n) is 5.82. The largest absolute Gasteiger partial charge is 0.496 e. The number of benzene rings is 2. The van der Waals surface area contributed by atoms with Crippen LogP contribution in [0.15, 0.2) is 41.0 Å². The number of aliphatic carboxylic acids is 1. The number of carboxylic acid groups (broad SMARTS) is 1. The van der Waals surface area contributed by atoms with Gasteiger partial charge in [0.2, 0.25) is 6.79 Å². The molecule has 1 aliphatic rings. The van der Waals surface area contributed by atoms with Gasteiger partial charge in [-0.05, 0) is 24.3 Å². The minimum atomic E-state index is -1.11. The monoisotopic (exact) mass is 368 g/mol. The van der Waals surface area contributed by atoms with E-state index in [9.17, 15) is 9.90 Å². The molecular weight excluding hydrogens is 352 g/mol. The van der Waals surface area contributed by atoms with E-state index in [1.807, 2.05) is 0 Å². The molecule has 2 aromatic carbocycles. The first-order valence-corrected chi connectivity index (χ1v) is 8.09. The van der Waals surface area contributed by atoms with E-state index in [-0.39, 0.29) is 12.4 Å². The van der Waals surface area contributed by atoms with Crippen LogP contribution in [0.4, 0.5) is 0 Å². The van der Waals surface area contributed by atoms with Crippen molar-refractivity contribution in [2.45, 2.75) is 0 Å². The van der Waals surface area contributed by atoms with E-state index in [0.717, 1.165) is 5.39 Å². The summed E-state index contributed by atoms with van der Waals surface area (Å²) in [6.45, 7) is 0.0824. The molecule has 0 bridgehead atoms. The molecule has 1 N–H and O–H groups in total. The summed E-state index contributed by atoms with van der Waals surface area (Å²) < 4.78 is 26.8. The topological polar surface area (TPSA) is 87.4 Å². The zero-order valence-corrected chi connectivity index (χ0v) is 14.6. The lowest BCUT2D eigenvalue weighted by Crippen LogP contribution is -2.02. The van der Waals surface area contributed by atoms with Crippen LogP contribution in [0.3, 0.4) is 0 Å². The van der Waals surface area contributed by atoms with Crippen LogP contribution in [0, 0.1) is 0 Å². The van der Waals surface area contributed by atoms with Crippen molar-refractivity contribution in [3.63, 3.8) is 0 Å². The lowest BCUT2D eigenvalue weighted by Gasteiger charge is -2.12. The van der Waals surface area contributed by atoms with Crippen molar-refractivity contribution in [2.75, 3.05) is 21.0 Å². The molecule has 7 nitrogen and oxygen atoms in total. The number of furan rings is 1. The molecule has 0 spiro atoms. The number of ether oxygens (including phenoxy) is 4. The molecule has 0 unspecified atom stereocenters. The minimum Gasteiger partial charge on any atom is -0.496 e. The smallest absolute Gasteiger partial charge is 0.336 e. The number of hydrogen-bond acceptors (Lipinski definition) is 6. The van der Waals surface area contributed by atoms with Crippen LogP contribution in [0.1, 0.15) is 11.1 Å². The van der Waals surface area contributed by atoms with Gasteiger partial charge in [0, 0.05) is 28.6 Å². The van der Waals surface area contributed by atoms with Gasteiger partial charge in [-0.15, -0.1) is 0 Å². The van der Waals surface area contributed by atoms with Crippen LogP contribution in [0.2, 0.25) is 0 Å². The van der Waals surface area contributed by atoms with Crippen LogP contribution in [0.25, 0.3) is 22.6 Å². The Balaban J connectivity index is 1.90. The van der Waals surface area contributed by atoms with Crippen LogP contribution in [0.5, 0.6) is 23.0 Å². The van der Waals surface area contributed by atoms with Crippen LogP contribution < -0.4 is 18.9 Å². The number of rotatable bonds is 5. The van der Waals surface area contributed by atoms with Gasteiger partial charge in [0.05, 0.1) is 26.1 Å². The maximum atomic E-state index is 12.0. The summed E-state index contributed by atoms with van der Waals surface area (Å²) in [7, 11) is 2.99. The molecule has 0 radical (unpaired) electrons. The van der Waals surface area contributed by atoms with Crippen molar-refractivity contribution < 1.29 is 33.3 Å². The molecule has 1 aromatic heterocycles. The third kappa shape index (κ3) is 2.93. The first-order chi connectivity index (χ1) is 13.1. The van der Waals surface area contributed by atoms with Crippen molar-refractivity contribution >= 4 is 28.6 Å². The molecule has 0 saturated heterocycles. The third-order valence-electron chi connectivity index (χ3n) is 4.32. The normalized spacial score (nSPS) is 13.0. The molecular formula is C20H16O7. The summed E-state index contributed by atoms with van der Waals surface area (Å²) in [5.41, 5.74) is 1.67. The number of carbonyl (C=O) groups is 1. The standard InChI is InChI=1S/C20H16O7/c1-23-15-8-16-11(3-4-25-16)5-12(15)6-14(20(21)22)13-7-18-19(27-10-26-18)9-17(13)24-2/h3-9H,10H2,1-2H3,(H,21,22)/b14-6-. The molecule has 4 rings (SSSR count).